The van der Waals surface area contributed by atoms with E-state index in [1.165, 1.54) is 0 Å². The third-order valence-electron chi connectivity index (χ3n) is 3.58. The van der Waals surface area contributed by atoms with Gasteiger partial charge in [-0.25, -0.2) is 0 Å². The Hall–Kier alpha value is -1.10. The smallest absolute Gasteiger partial charge is 0.239 e. The molecule has 1 rings (SSSR count). The van der Waals surface area contributed by atoms with Gasteiger partial charge >= 0.3 is 0 Å². The first-order valence-corrected chi connectivity index (χ1v) is 6.27. The van der Waals surface area contributed by atoms with Crippen LogP contribution >= 0.6 is 0 Å². The lowest BCUT2D eigenvalue weighted by Crippen LogP contribution is -2.55. The molecule has 1 aliphatic rings. The van der Waals surface area contributed by atoms with E-state index in [1.54, 1.807) is 16.7 Å². The molecule has 1 fully saturated rings. The molecule has 17 heavy (non-hydrogen) atoms. The number of carbonyl (C=O) groups is 2. The standard InChI is InChI=1S/C12H23N3O2/c1-4-9(2)11(13)12(17)15-7-5-14(6-8-15)10(3)16/h9,11H,4-8,13H2,1-3H3. The van der Waals surface area contributed by atoms with Crippen LogP contribution in [0.3, 0.4) is 0 Å². The van der Waals surface area contributed by atoms with E-state index >= 15 is 0 Å². The van der Waals surface area contributed by atoms with Crippen molar-refractivity contribution >= 4 is 11.8 Å². The number of hydrogen-bond acceptors (Lipinski definition) is 3. The zero-order valence-corrected chi connectivity index (χ0v) is 11.0. The highest BCUT2D eigenvalue weighted by atomic mass is 16.2. The van der Waals surface area contributed by atoms with E-state index in [9.17, 15) is 9.59 Å². The second kappa shape index (κ2) is 6.00. The van der Waals surface area contributed by atoms with Gasteiger partial charge in [0.1, 0.15) is 0 Å². The van der Waals surface area contributed by atoms with Crippen molar-refractivity contribution in [3.05, 3.63) is 0 Å². The Balaban J connectivity index is 2.48. The van der Waals surface area contributed by atoms with Gasteiger partial charge in [-0.05, 0) is 5.92 Å². The summed E-state index contributed by atoms with van der Waals surface area (Å²) in [5, 5.41) is 0. The van der Waals surface area contributed by atoms with Gasteiger partial charge < -0.3 is 15.5 Å². The van der Waals surface area contributed by atoms with Crippen molar-refractivity contribution in [2.45, 2.75) is 33.2 Å². The average Bonchev–Trinajstić information content (AvgIpc) is 2.36. The van der Waals surface area contributed by atoms with Crippen molar-refractivity contribution in [2.75, 3.05) is 26.2 Å². The Kier molecular flexibility index (Phi) is 4.93. The number of rotatable bonds is 3. The molecule has 0 radical (unpaired) electrons. The normalized spacial score (nSPS) is 20.0. The Morgan fingerprint density at radius 1 is 1.18 bits per heavy atom. The van der Waals surface area contributed by atoms with Gasteiger partial charge in [0, 0.05) is 33.1 Å². The molecule has 0 aromatic rings. The summed E-state index contributed by atoms with van der Waals surface area (Å²) in [7, 11) is 0. The van der Waals surface area contributed by atoms with E-state index < -0.39 is 6.04 Å². The highest BCUT2D eigenvalue weighted by molar-refractivity contribution is 5.82. The number of hydrogen-bond donors (Lipinski definition) is 1. The van der Waals surface area contributed by atoms with Crippen molar-refractivity contribution in [3.8, 4) is 0 Å². The molecule has 98 valence electrons. The molecular weight excluding hydrogens is 218 g/mol. The van der Waals surface area contributed by atoms with Gasteiger partial charge in [0.15, 0.2) is 0 Å². The third-order valence-corrected chi connectivity index (χ3v) is 3.58. The highest BCUT2D eigenvalue weighted by Gasteiger charge is 2.28. The zero-order valence-electron chi connectivity index (χ0n) is 11.0. The van der Waals surface area contributed by atoms with Crippen LogP contribution in [0.2, 0.25) is 0 Å². The lowest BCUT2D eigenvalue weighted by atomic mass is 9.98. The molecule has 1 heterocycles. The average molecular weight is 241 g/mol. The fourth-order valence-electron chi connectivity index (χ4n) is 1.95. The van der Waals surface area contributed by atoms with Crippen LogP contribution in [0.25, 0.3) is 0 Å². The Morgan fingerprint density at radius 3 is 2.06 bits per heavy atom. The van der Waals surface area contributed by atoms with Crippen LogP contribution in [-0.4, -0.2) is 53.8 Å². The molecule has 1 aliphatic heterocycles. The van der Waals surface area contributed by atoms with E-state index in [1.807, 2.05) is 13.8 Å². The fraction of sp³-hybridized carbons (Fsp3) is 0.833. The first-order chi connectivity index (χ1) is 7.97. The van der Waals surface area contributed by atoms with Gasteiger partial charge in [-0.2, -0.15) is 0 Å². The minimum atomic E-state index is -0.413. The fourth-order valence-corrected chi connectivity index (χ4v) is 1.95. The van der Waals surface area contributed by atoms with Crippen LogP contribution in [0.1, 0.15) is 27.2 Å². The first-order valence-electron chi connectivity index (χ1n) is 6.27. The number of carbonyl (C=O) groups excluding carboxylic acids is 2. The summed E-state index contributed by atoms with van der Waals surface area (Å²) < 4.78 is 0. The molecule has 2 N–H and O–H groups in total. The maximum absolute atomic E-state index is 12.1. The van der Waals surface area contributed by atoms with Gasteiger partial charge in [-0.1, -0.05) is 20.3 Å². The third kappa shape index (κ3) is 3.43. The lowest BCUT2D eigenvalue weighted by molar-refractivity contribution is -0.140. The van der Waals surface area contributed by atoms with Crippen LogP contribution in [0.4, 0.5) is 0 Å². The van der Waals surface area contributed by atoms with Gasteiger partial charge in [0.2, 0.25) is 11.8 Å². The van der Waals surface area contributed by atoms with E-state index in [-0.39, 0.29) is 17.7 Å². The van der Waals surface area contributed by atoms with E-state index in [0.29, 0.717) is 26.2 Å². The van der Waals surface area contributed by atoms with Crippen LogP contribution < -0.4 is 5.73 Å². The number of nitrogens with zero attached hydrogens (tertiary/aromatic N) is 2. The molecule has 0 bridgehead atoms. The van der Waals surface area contributed by atoms with E-state index in [0.717, 1.165) is 6.42 Å². The maximum Gasteiger partial charge on any atom is 0.239 e. The number of nitrogens with two attached hydrogens (primary N) is 1. The molecule has 0 aromatic carbocycles. The van der Waals surface area contributed by atoms with Crippen molar-refractivity contribution in [1.29, 1.82) is 0 Å². The first kappa shape index (κ1) is 14.0. The minimum Gasteiger partial charge on any atom is -0.339 e. The SMILES string of the molecule is CCC(C)C(N)C(=O)N1CCN(C(C)=O)CC1. The molecule has 0 aliphatic carbocycles. The van der Waals surface area contributed by atoms with Gasteiger partial charge in [0.25, 0.3) is 0 Å². The Bertz CT molecular complexity index is 285. The van der Waals surface area contributed by atoms with Crippen LogP contribution in [0, 0.1) is 5.92 Å². The largest absolute Gasteiger partial charge is 0.339 e. The number of amides is 2. The Labute approximate surface area is 103 Å². The van der Waals surface area contributed by atoms with Crippen molar-refractivity contribution < 1.29 is 9.59 Å². The molecule has 0 saturated carbocycles. The van der Waals surface area contributed by atoms with E-state index in [2.05, 4.69) is 0 Å². The predicted octanol–water partition coefficient (Wildman–Crippen LogP) is 0.0505. The molecule has 5 nitrogen and oxygen atoms in total. The molecule has 2 unspecified atom stereocenters. The molecule has 5 heteroatoms. The molecule has 0 aromatic heterocycles. The van der Waals surface area contributed by atoms with Crippen LogP contribution in [0.5, 0.6) is 0 Å². The molecule has 0 spiro atoms. The lowest BCUT2D eigenvalue weighted by Gasteiger charge is -2.36. The summed E-state index contributed by atoms with van der Waals surface area (Å²) in [4.78, 5) is 26.8. The highest BCUT2D eigenvalue weighted by Crippen LogP contribution is 2.10. The topological polar surface area (TPSA) is 66.6 Å². The van der Waals surface area contributed by atoms with Gasteiger partial charge in [0.05, 0.1) is 6.04 Å². The summed E-state index contributed by atoms with van der Waals surface area (Å²) >= 11 is 0. The molecule has 2 atom stereocenters. The minimum absolute atomic E-state index is 0.0163. The number of piperazine rings is 1. The van der Waals surface area contributed by atoms with Crippen molar-refractivity contribution in [1.82, 2.24) is 9.80 Å². The van der Waals surface area contributed by atoms with Gasteiger partial charge in [-0.15, -0.1) is 0 Å². The van der Waals surface area contributed by atoms with E-state index in [4.69, 9.17) is 5.73 Å². The summed E-state index contributed by atoms with van der Waals surface area (Å²) in [6.07, 6.45) is 0.903. The quantitative estimate of drug-likeness (QED) is 0.759. The molecule has 1 saturated heterocycles. The summed E-state index contributed by atoms with van der Waals surface area (Å²) in [5.41, 5.74) is 5.92. The summed E-state index contributed by atoms with van der Waals surface area (Å²) in [6, 6.07) is -0.413. The molecular formula is C12H23N3O2. The Morgan fingerprint density at radius 2 is 1.65 bits per heavy atom. The zero-order chi connectivity index (χ0) is 13.0. The predicted molar refractivity (Wildman–Crippen MR) is 66.3 cm³/mol. The van der Waals surface area contributed by atoms with Crippen LogP contribution in [-0.2, 0) is 9.59 Å². The summed E-state index contributed by atoms with van der Waals surface area (Å²) in [5.74, 6) is 0.291. The maximum atomic E-state index is 12.1. The monoisotopic (exact) mass is 241 g/mol. The van der Waals surface area contributed by atoms with Gasteiger partial charge in [-0.3, -0.25) is 9.59 Å². The molecule has 2 amide bonds. The summed E-state index contributed by atoms with van der Waals surface area (Å²) in [6.45, 7) is 8.02. The van der Waals surface area contributed by atoms with Crippen LogP contribution in [0.15, 0.2) is 0 Å². The second-order valence-electron chi connectivity index (χ2n) is 4.74. The second-order valence-corrected chi connectivity index (χ2v) is 4.74. The van der Waals surface area contributed by atoms with Crippen molar-refractivity contribution in [3.63, 3.8) is 0 Å². The van der Waals surface area contributed by atoms with Crippen molar-refractivity contribution in [2.24, 2.45) is 11.7 Å².